The van der Waals surface area contributed by atoms with E-state index in [0.717, 1.165) is 32.0 Å². The number of nitrogens with one attached hydrogen (secondary N) is 2. The molecular weight excluding hydrogens is 250 g/mol. The molecular formula is C10H19N7S. The topological polar surface area (TPSA) is 82.3 Å². The number of rotatable bonds is 4. The van der Waals surface area contributed by atoms with E-state index in [9.17, 15) is 0 Å². The molecule has 0 saturated carbocycles. The van der Waals surface area contributed by atoms with E-state index in [4.69, 9.17) is 5.84 Å². The van der Waals surface area contributed by atoms with Crippen LogP contribution in [0.2, 0.25) is 0 Å². The molecule has 18 heavy (non-hydrogen) atoms. The molecule has 2 rings (SSSR count). The maximum Gasteiger partial charge on any atom is 0.191 e. The van der Waals surface area contributed by atoms with E-state index in [1.54, 1.807) is 6.07 Å². The minimum atomic E-state index is 0.617. The fourth-order valence-corrected chi connectivity index (χ4v) is 2.11. The molecule has 0 aromatic carbocycles. The van der Waals surface area contributed by atoms with Gasteiger partial charge in [-0.05, 0) is 13.3 Å². The molecule has 1 aromatic heterocycles. The van der Waals surface area contributed by atoms with Crippen molar-refractivity contribution in [3.63, 3.8) is 0 Å². The Labute approximate surface area is 111 Å². The summed E-state index contributed by atoms with van der Waals surface area (Å²) in [5.41, 5.74) is 5.85. The highest BCUT2D eigenvalue weighted by Crippen LogP contribution is 2.17. The first-order chi connectivity index (χ1) is 8.71. The number of aromatic nitrogens is 2. The lowest BCUT2D eigenvalue weighted by Gasteiger charge is -2.32. The van der Waals surface area contributed by atoms with Crippen molar-refractivity contribution in [1.29, 1.82) is 0 Å². The predicted molar refractivity (Wildman–Crippen MR) is 74.3 cm³/mol. The van der Waals surface area contributed by atoms with E-state index in [1.807, 2.05) is 6.26 Å². The van der Waals surface area contributed by atoms with E-state index in [1.165, 1.54) is 11.8 Å². The van der Waals surface area contributed by atoms with E-state index in [0.29, 0.717) is 11.0 Å². The summed E-state index contributed by atoms with van der Waals surface area (Å²) in [4.78, 5) is 10.9. The van der Waals surface area contributed by atoms with Gasteiger partial charge in [0.1, 0.15) is 11.6 Å². The summed E-state index contributed by atoms with van der Waals surface area (Å²) in [6, 6.07) is 1.80. The number of nitrogens with two attached hydrogens (primary N) is 1. The van der Waals surface area contributed by atoms with Crippen molar-refractivity contribution in [2.24, 2.45) is 5.84 Å². The molecule has 0 unspecified atom stereocenters. The maximum atomic E-state index is 5.40. The molecule has 0 atom stereocenters. The third-order valence-corrected chi connectivity index (χ3v) is 3.36. The summed E-state index contributed by atoms with van der Waals surface area (Å²) in [5, 5.41) is 2.86. The second-order valence-electron chi connectivity index (χ2n) is 4.17. The zero-order valence-corrected chi connectivity index (χ0v) is 11.5. The van der Waals surface area contributed by atoms with Crippen LogP contribution in [0.5, 0.6) is 0 Å². The van der Waals surface area contributed by atoms with Crippen LogP contribution >= 0.6 is 11.8 Å². The van der Waals surface area contributed by atoms with Crippen LogP contribution in [-0.4, -0.2) is 59.4 Å². The zero-order chi connectivity index (χ0) is 13.0. The normalized spacial score (nSPS) is 17.7. The summed E-state index contributed by atoms with van der Waals surface area (Å²) in [5.74, 6) is 6.78. The van der Waals surface area contributed by atoms with Gasteiger partial charge in [-0.3, -0.25) is 0 Å². The van der Waals surface area contributed by atoms with Gasteiger partial charge in [-0.15, -0.1) is 0 Å². The molecule has 8 heteroatoms. The van der Waals surface area contributed by atoms with E-state index in [-0.39, 0.29) is 0 Å². The van der Waals surface area contributed by atoms with Gasteiger partial charge >= 0.3 is 0 Å². The first-order valence-electron chi connectivity index (χ1n) is 5.81. The molecule has 0 spiro atoms. The van der Waals surface area contributed by atoms with Crippen LogP contribution in [0.3, 0.4) is 0 Å². The molecule has 100 valence electrons. The van der Waals surface area contributed by atoms with E-state index >= 15 is 0 Å². The van der Waals surface area contributed by atoms with Crippen LogP contribution in [0, 0.1) is 0 Å². The Bertz CT molecular complexity index is 370. The molecule has 0 radical (unpaired) electrons. The Kier molecular flexibility index (Phi) is 4.59. The number of thioether (sulfide) groups is 1. The summed E-state index contributed by atoms with van der Waals surface area (Å²) in [6.07, 6.45) is 1.94. The third kappa shape index (κ3) is 3.45. The number of piperazine rings is 1. The largest absolute Gasteiger partial charge is 0.308 e. The van der Waals surface area contributed by atoms with Crippen LogP contribution in [0.4, 0.5) is 11.6 Å². The van der Waals surface area contributed by atoms with Crippen molar-refractivity contribution in [1.82, 2.24) is 19.9 Å². The number of hydrazine groups is 2. The molecule has 1 aliphatic rings. The number of nitrogens with zero attached hydrogens (tertiary/aromatic N) is 4. The second kappa shape index (κ2) is 6.19. The Balaban J connectivity index is 2.03. The molecule has 7 nitrogen and oxygen atoms in total. The first kappa shape index (κ1) is 13.3. The van der Waals surface area contributed by atoms with Crippen molar-refractivity contribution in [3.8, 4) is 0 Å². The molecule has 1 saturated heterocycles. The molecule has 4 N–H and O–H groups in total. The van der Waals surface area contributed by atoms with Crippen molar-refractivity contribution in [2.75, 3.05) is 50.3 Å². The molecule has 2 heterocycles. The summed E-state index contributed by atoms with van der Waals surface area (Å²) in [7, 11) is 2.13. The molecule has 1 fully saturated rings. The van der Waals surface area contributed by atoms with Crippen LogP contribution in [-0.2, 0) is 0 Å². The Morgan fingerprint density at radius 2 is 1.89 bits per heavy atom. The standard InChI is InChI=1S/C10H19N7S/c1-16-3-5-17(6-4-16)15-9-7-8(14-11)12-10(13-9)18-2/h7H,3-6,11H2,1-2H3,(H2,12,13,14,15). The Hall–Kier alpha value is -1.09. The van der Waals surface area contributed by atoms with Gasteiger partial charge < -0.3 is 15.8 Å². The van der Waals surface area contributed by atoms with Crippen molar-refractivity contribution in [3.05, 3.63) is 6.07 Å². The van der Waals surface area contributed by atoms with Crippen molar-refractivity contribution < 1.29 is 0 Å². The van der Waals surface area contributed by atoms with Gasteiger partial charge in [0.25, 0.3) is 0 Å². The van der Waals surface area contributed by atoms with Gasteiger partial charge in [0.15, 0.2) is 5.16 Å². The lowest BCUT2D eigenvalue weighted by atomic mass is 10.4. The lowest BCUT2D eigenvalue weighted by Crippen LogP contribution is -2.47. The summed E-state index contributed by atoms with van der Waals surface area (Å²) >= 11 is 1.49. The van der Waals surface area contributed by atoms with Crippen LogP contribution in [0.1, 0.15) is 0 Å². The number of nitrogen functional groups attached to an aromatic ring is 1. The number of likely N-dealkylation sites (N-methyl/N-ethyl adjacent to an activating group) is 1. The molecule has 0 aliphatic carbocycles. The first-order valence-corrected chi connectivity index (χ1v) is 7.03. The molecule has 0 amide bonds. The average molecular weight is 269 g/mol. The predicted octanol–water partition coefficient (Wildman–Crippen LogP) is 0.0584. The van der Waals surface area contributed by atoms with Gasteiger partial charge in [0.2, 0.25) is 0 Å². The minimum Gasteiger partial charge on any atom is -0.308 e. The molecule has 1 aromatic rings. The highest BCUT2D eigenvalue weighted by molar-refractivity contribution is 7.98. The second-order valence-corrected chi connectivity index (χ2v) is 4.94. The highest BCUT2D eigenvalue weighted by Gasteiger charge is 2.14. The van der Waals surface area contributed by atoms with Crippen LogP contribution in [0.15, 0.2) is 11.2 Å². The number of anilines is 2. The van der Waals surface area contributed by atoms with Gasteiger partial charge in [-0.2, -0.15) is 0 Å². The van der Waals surface area contributed by atoms with Crippen molar-refractivity contribution in [2.45, 2.75) is 5.16 Å². The third-order valence-electron chi connectivity index (χ3n) is 2.81. The Morgan fingerprint density at radius 1 is 1.22 bits per heavy atom. The molecule has 1 aliphatic heterocycles. The highest BCUT2D eigenvalue weighted by atomic mass is 32.2. The van der Waals surface area contributed by atoms with Gasteiger partial charge in [-0.25, -0.2) is 20.8 Å². The van der Waals surface area contributed by atoms with Gasteiger partial charge in [0, 0.05) is 32.2 Å². The average Bonchev–Trinajstić information content (AvgIpc) is 2.41. The van der Waals surface area contributed by atoms with Gasteiger partial charge in [-0.1, -0.05) is 11.8 Å². The smallest absolute Gasteiger partial charge is 0.191 e. The number of hydrogen-bond donors (Lipinski definition) is 3. The fraction of sp³-hybridized carbons (Fsp3) is 0.600. The monoisotopic (exact) mass is 269 g/mol. The SMILES string of the molecule is CSc1nc(NN)cc(NN2CCN(C)CC2)n1. The molecule has 0 bridgehead atoms. The minimum absolute atomic E-state index is 0.617. The lowest BCUT2D eigenvalue weighted by molar-refractivity contribution is 0.178. The number of hydrogen-bond acceptors (Lipinski definition) is 8. The van der Waals surface area contributed by atoms with E-state index < -0.39 is 0 Å². The summed E-state index contributed by atoms with van der Waals surface area (Å²) in [6.45, 7) is 4.05. The van der Waals surface area contributed by atoms with Crippen LogP contribution in [0.25, 0.3) is 0 Å². The van der Waals surface area contributed by atoms with E-state index in [2.05, 4.69) is 37.8 Å². The quantitative estimate of drug-likeness (QED) is 0.306. The Morgan fingerprint density at radius 3 is 2.50 bits per heavy atom. The zero-order valence-electron chi connectivity index (χ0n) is 10.7. The van der Waals surface area contributed by atoms with Gasteiger partial charge in [0.05, 0.1) is 0 Å². The fourth-order valence-electron chi connectivity index (χ4n) is 1.73. The van der Waals surface area contributed by atoms with Crippen LogP contribution < -0.4 is 16.7 Å². The van der Waals surface area contributed by atoms with Crippen molar-refractivity contribution >= 4 is 23.4 Å². The maximum absolute atomic E-state index is 5.40. The summed E-state index contributed by atoms with van der Waals surface area (Å²) < 4.78 is 0.